The maximum atomic E-state index is 11.0. The zero-order valence-corrected chi connectivity index (χ0v) is 12.1. The second-order valence-corrected chi connectivity index (χ2v) is 4.63. The van der Waals surface area contributed by atoms with E-state index in [1.54, 1.807) is 0 Å². The number of rotatable bonds is 6. The summed E-state index contributed by atoms with van der Waals surface area (Å²) in [6.45, 7) is 2.57. The topological polar surface area (TPSA) is 64.1 Å². The number of anilines is 2. The molecule has 5 nitrogen and oxygen atoms in total. The van der Waals surface area contributed by atoms with Gasteiger partial charge in [-0.15, -0.1) is 0 Å². The monoisotopic (exact) mass is 289 g/mol. The van der Waals surface area contributed by atoms with Crippen LogP contribution in [0.5, 0.6) is 5.75 Å². The summed E-state index contributed by atoms with van der Waals surface area (Å²) in [7, 11) is 0. The molecule has 0 saturated heterocycles. The van der Waals surface area contributed by atoms with Crippen LogP contribution in [0.3, 0.4) is 0 Å². The Hall–Kier alpha value is -2.08. The van der Waals surface area contributed by atoms with E-state index >= 15 is 0 Å². The maximum Gasteiger partial charge on any atom is 0.189 e. The Labute approximate surface area is 121 Å². The highest BCUT2D eigenvalue weighted by molar-refractivity contribution is 7.98. The molecule has 2 rings (SSSR count). The summed E-state index contributed by atoms with van der Waals surface area (Å²) in [4.78, 5) is 19.4. The number of ether oxygens (including phenoxy) is 1. The van der Waals surface area contributed by atoms with Crippen molar-refractivity contribution in [2.75, 3.05) is 18.2 Å². The molecule has 0 atom stereocenters. The first-order chi connectivity index (χ1) is 9.76. The summed E-state index contributed by atoms with van der Waals surface area (Å²) < 4.78 is 5.38. The van der Waals surface area contributed by atoms with Crippen molar-refractivity contribution in [1.29, 1.82) is 0 Å². The van der Waals surface area contributed by atoms with Crippen LogP contribution in [0.4, 0.5) is 11.5 Å². The van der Waals surface area contributed by atoms with E-state index in [0.29, 0.717) is 23.1 Å². The lowest BCUT2D eigenvalue weighted by Gasteiger charge is -2.09. The van der Waals surface area contributed by atoms with Gasteiger partial charge in [-0.05, 0) is 37.4 Å². The van der Waals surface area contributed by atoms with E-state index in [9.17, 15) is 4.79 Å². The molecule has 0 aliphatic rings. The maximum absolute atomic E-state index is 11.0. The van der Waals surface area contributed by atoms with Crippen molar-refractivity contribution >= 4 is 29.6 Å². The minimum absolute atomic E-state index is 0.427. The van der Waals surface area contributed by atoms with Crippen molar-refractivity contribution < 1.29 is 9.53 Å². The molecule has 0 bridgehead atoms. The van der Waals surface area contributed by atoms with Crippen LogP contribution >= 0.6 is 11.8 Å². The van der Waals surface area contributed by atoms with Gasteiger partial charge in [0.2, 0.25) is 0 Å². The summed E-state index contributed by atoms with van der Waals surface area (Å²) in [6.07, 6.45) is 4.14. The number of thioether (sulfide) groups is 1. The number of aldehydes is 1. The lowest BCUT2D eigenvalue weighted by atomic mass is 10.3. The van der Waals surface area contributed by atoms with Gasteiger partial charge in [-0.1, -0.05) is 11.8 Å². The Morgan fingerprint density at radius 2 is 2.10 bits per heavy atom. The van der Waals surface area contributed by atoms with Crippen molar-refractivity contribution in [3.05, 3.63) is 36.0 Å². The molecule has 0 amide bonds. The fourth-order valence-corrected chi connectivity index (χ4v) is 1.94. The van der Waals surface area contributed by atoms with Crippen molar-refractivity contribution in [2.45, 2.75) is 12.1 Å². The standard InChI is InChI=1S/C14H15N3O2S/c1-3-19-12-6-4-11(5-7-12)16-13-10(9-18)8-15-14(17-13)20-2/h4-9H,3H2,1-2H3,(H,15,16,17). The van der Waals surface area contributed by atoms with Crippen molar-refractivity contribution in [1.82, 2.24) is 9.97 Å². The zero-order chi connectivity index (χ0) is 14.4. The molecule has 1 N–H and O–H groups in total. The minimum atomic E-state index is 0.427. The lowest BCUT2D eigenvalue weighted by molar-refractivity contribution is 0.112. The van der Waals surface area contributed by atoms with E-state index in [4.69, 9.17) is 4.74 Å². The van der Waals surface area contributed by atoms with Crippen LogP contribution in [-0.2, 0) is 0 Å². The molecule has 0 unspecified atom stereocenters. The molecule has 1 aromatic carbocycles. The molecular formula is C14H15N3O2S. The zero-order valence-electron chi connectivity index (χ0n) is 11.3. The predicted octanol–water partition coefficient (Wildman–Crippen LogP) is 3.15. The number of carbonyl (C=O) groups excluding carboxylic acids is 1. The molecule has 0 saturated carbocycles. The number of nitrogens with one attached hydrogen (secondary N) is 1. The highest BCUT2D eigenvalue weighted by Crippen LogP contribution is 2.22. The Balaban J connectivity index is 2.21. The molecule has 104 valence electrons. The molecule has 1 heterocycles. The third-order valence-corrected chi connectivity index (χ3v) is 3.09. The lowest BCUT2D eigenvalue weighted by Crippen LogP contribution is -2.01. The fraction of sp³-hybridized carbons (Fsp3) is 0.214. The molecule has 0 radical (unpaired) electrons. The Kier molecular flexibility index (Phi) is 4.95. The van der Waals surface area contributed by atoms with Gasteiger partial charge in [-0.2, -0.15) is 0 Å². The number of nitrogens with zero attached hydrogens (tertiary/aromatic N) is 2. The van der Waals surface area contributed by atoms with Gasteiger partial charge in [-0.25, -0.2) is 9.97 Å². The van der Waals surface area contributed by atoms with E-state index < -0.39 is 0 Å². The first-order valence-electron chi connectivity index (χ1n) is 6.13. The van der Waals surface area contributed by atoms with Crippen LogP contribution in [-0.4, -0.2) is 29.1 Å². The van der Waals surface area contributed by atoms with Gasteiger partial charge >= 0.3 is 0 Å². The molecular weight excluding hydrogens is 274 g/mol. The summed E-state index contributed by atoms with van der Waals surface area (Å²) in [5.41, 5.74) is 1.26. The molecule has 2 aromatic rings. The van der Waals surface area contributed by atoms with Gasteiger partial charge in [0, 0.05) is 11.9 Å². The molecule has 6 heteroatoms. The second kappa shape index (κ2) is 6.91. The first-order valence-corrected chi connectivity index (χ1v) is 7.35. The van der Waals surface area contributed by atoms with Gasteiger partial charge in [0.25, 0.3) is 0 Å². The van der Waals surface area contributed by atoms with E-state index in [0.717, 1.165) is 17.7 Å². The van der Waals surface area contributed by atoms with Crippen molar-refractivity contribution in [2.24, 2.45) is 0 Å². The third kappa shape index (κ3) is 3.48. The number of hydrogen-bond acceptors (Lipinski definition) is 6. The summed E-state index contributed by atoms with van der Waals surface area (Å²) in [5.74, 6) is 1.31. The average Bonchev–Trinajstić information content (AvgIpc) is 2.49. The van der Waals surface area contributed by atoms with E-state index in [2.05, 4.69) is 15.3 Å². The van der Waals surface area contributed by atoms with Crippen LogP contribution in [0.25, 0.3) is 0 Å². The third-order valence-electron chi connectivity index (χ3n) is 2.53. The van der Waals surface area contributed by atoms with Gasteiger partial charge in [-0.3, -0.25) is 4.79 Å². The molecule has 0 aliphatic carbocycles. The van der Waals surface area contributed by atoms with Crippen LogP contribution in [0, 0.1) is 0 Å². The highest BCUT2D eigenvalue weighted by Gasteiger charge is 2.06. The highest BCUT2D eigenvalue weighted by atomic mass is 32.2. The van der Waals surface area contributed by atoms with Crippen LogP contribution < -0.4 is 10.1 Å². The average molecular weight is 289 g/mol. The number of carbonyl (C=O) groups is 1. The largest absolute Gasteiger partial charge is 0.494 e. The molecule has 0 spiro atoms. The van der Waals surface area contributed by atoms with E-state index in [1.165, 1.54) is 18.0 Å². The molecule has 20 heavy (non-hydrogen) atoms. The normalized spacial score (nSPS) is 10.1. The number of benzene rings is 1. The van der Waals surface area contributed by atoms with Crippen LogP contribution in [0.2, 0.25) is 0 Å². The van der Waals surface area contributed by atoms with Gasteiger partial charge in [0.15, 0.2) is 11.4 Å². The summed E-state index contributed by atoms with van der Waals surface area (Å²) in [6, 6.07) is 7.48. The Morgan fingerprint density at radius 3 is 2.70 bits per heavy atom. The molecule has 1 aromatic heterocycles. The second-order valence-electron chi connectivity index (χ2n) is 3.86. The van der Waals surface area contributed by atoms with Gasteiger partial charge < -0.3 is 10.1 Å². The Bertz CT molecular complexity index is 587. The fourth-order valence-electron chi connectivity index (χ4n) is 1.60. The van der Waals surface area contributed by atoms with Crippen molar-refractivity contribution in [3.63, 3.8) is 0 Å². The van der Waals surface area contributed by atoms with E-state index in [1.807, 2.05) is 37.4 Å². The Morgan fingerprint density at radius 1 is 1.35 bits per heavy atom. The van der Waals surface area contributed by atoms with Crippen LogP contribution in [0.15, 0.2) is 35.6 Å². The molecule has 0 aliphatic heterocycles. The molecule has 0 fully saturated rings. The van der Waals surface area contributed by atoms with E-state index in [-0.39, 0.29) is 0 Å². The summed E-state index contributed by atoms with van der Waals surface area (Å²) >= 11 is 1.42. The van der Waals surface area contributed by atoms with Crippen LogP contribution in [0.1, 0.15) is 17.3 Å². The SMILES string of the molecule is CCOc1ccc(Nc2nc(SC)ncc2C=O)cc1. The predicted molar refractivity (Wildman–Crippen MR) is 80.1 cm³/mol. The number of hydrogen-bond donors (Lipinski definition) is 1. The minimum Gasteiger partial charge on any atom is -0.494 e. The van der Waals surface area contributed by atoms with Crippen molar-refractivity contribution in [3.8, 4) is 5.75 Å². The summed E-state index contributed by atoms with van der Waals surface area (Å²) in [5, 5.41) is 3.73. The number of aromatic nitrogens is 2. The van der Waals surface area contributed by atoms with Gasteiger partial charge in [0.05, 0.1) is 12.2 Å². The first kappa shape index (κ1) is 14.3. The van der Waals surface area contributed by atoms with Gasteiger partial charge in [0.1, 0.15) is 11.6 Å². The smallest absolute Gasteiger partial charge is 0.189 e. The quantitative estimate of drug-likeness (QED) is 0.500.